The maximum Gasteiger partial charge on any atom is 0.338 e. The number of urea groups is 1. The molecule has 0 aromatic heterocycles. The van der Waals surface area contributed by atoms with Crippen LogP contribution in [0.25, 0.3) is 0 Å². The summed E-state index contributed by atoms with van der Waals surface area (Å²) in [6.07, 6.45) is 1.69. The maximum atomic E-state index is 13.0. The standard InChI is InChI=1S/C19H26ClN3O7S/c1-13-4-3-8-23(11-13)31(27,28)16-10-14(5-6-15(16)20)18(25)30-12-17(24)22-19(26)21-7-9-29-2/h5-6,10,13H,3-4,7-9,11-12H2,1-2H3,(H2,21,22,24,26). The highest BCUT2D eigenvalue weighted by molar-refractivity contribution is 7.89. The molecule has 3 amide bonds. The Kier molecular flexibility index (Phi) is 9.23. The van der Waals surface area contributed by atoms with Crippen molar-refractivity contribution in [2.24, 2.45) is 5.92 Å². The molecular formula is C19H26ClN3O7S. The lowest BCUT2D eigenvalue weighted by Crippen LogP contribution is -2.42. The molecule has 1 atom stereocenters. The number of amides is 3. The molecule has 31 heavy (non-hydrogen) atoms. The highest BCUT2D eigenvalue weighted by Gasteiger charge is 2.31. The average molecular weight is 476 g/mol. The Morgan fingerprint density at radius 1 is 1.29 bits per heavy atom. The molecule has 0 radical (unpaired) electrons. The van der Waals surface area contributed by atoms with Crippen LogP contribution in [-0.2, 0) is 24.3 Å². The molecule has 172 valence electrons. The molecule has 1 aliphatic heterocycles. The Balaban J connectivity index is 2.01. The first-order valence-electron chi connectivity index (χ1n) is 9.68. The number of methoxy groups -OCH3 is 1. The molecule has 2 N–H and O–H groups in total. The van der Waals surface area contributed by atoms with Crippen molar-refractivity contribution in [3.05, 3.63) is 28.8 Å². The van der Waals surface area contributed by atoms with E-state index < -0.39 is 34.5 Å². The summed E-state index contributed by atoms with van der Waals surface area (Å²) in [5, 5.41) is 4.35. The molecule has 10 nitrogen and oxygen atoms in total. The first-order valence-corrected chi connectivity index (χ1v) is 11.5. The van der Waals surface area contributed by atoms with E-state index >= 15 is 0 Å². The summed E-state index contributed by atoms with van der Waals surface area (Å²) in [6.45, 7) is 2.48. The highest BCUT2D eigenvalue weighted by Crippen LogP contribution is 2.29. The van der Waals surface area contributed by atoms with E-state index in [0.29, 0.717) is 13.1 Å². The number of carbonyl (C=O) groups is 3. The summed E-state index contributed by atoms with van der Waals surface area (Å²) in [7, 11) is -2.43. The van der Waals surface area contributed by atoms with Crippen LogP contribution in [0.1, 0.15) is 30.1 Å². The fourth-order valence-corrected chi connectivity index (χ4v) is 5.12. The SMILES string of the molecule is COCCNC(=O)NC(=O)COC(=O)c1ccc(Cl)c(S(=O)(=O)N2CCCC(C)C2)c1. The number of imide groups is 1. The van der Waals surface area contributed by atoms with Gasteiger partial charge in [-0.25, -0.2) is 18.0 Å². The lowest BCUT2D eigenvalue weighted by molar-refractivity contribution is -0.123. The summed E-state index contributed by atoms with van der Waals surface area (Å²) in [5.74, 6) is -1.54. The Morgan fingerprint density at radius 3 is 2.71 bits per heavy atom. The van der Waals surface area contributed by atoms with Crippen LogP contribution in [0.5, 0.6) is 0 Å². The van der Waals surface area contributed by atoms with Crippen molar-refractivity contribution >= 4 is 39.5 Å². The van der Waals surface area contributed by atoms with Crippen LogP contribution < -0.4 is 10.6 Å². The minimum absolute atomic E-state index is 0.0137. The van der Waals surface area contributed by atoms with Crippen LogP contribution >= 0.6 is 11.6 Å². The van der Waals surface area contributed by atoms with Gasteiger partial charge in [0.1, 0.15) is 4.90 Å². The average Bonchev–Trinajstić information content (AvgIpc) is 2.72. The predicted octanol–water partition coefficient (Wildman–Crippen LogP) is 1.39. The number of nitrogens with one attached hydrogen (secondary N) is 2. The first-order chi connectivity index (χ1) is 14.6. The molecule has 1 aromatic carbocycles. The van der Waals surface area contributed by atoms with Gasteiger partial charge < -0.3 is 14.8 Å². The van der Waals surface area contributed by atoms with E-state index in [4.69, 9.17) is 21.1 Å². The number of benzene rings is 1. The van der Waals surface area contributed by atoms with Crippen molar-refractivity contribution in [3.8, 4) is 0 Å². The normalized spacial score (nSPS) is 17.1. The van der Waals surface area contributed by atoms with Gasteiger partial charge in [0.05, 0.1) is 17.2 Å². The van der Waals surface area contributed by atoms with Crippen LogP contribution in [0.3, 0.4) is 0 Å². The molecule has 1 unspecified atom stereocenters. The van der Waals surface area contributed by atoms with Gasteiger partial charge in [0.2, 0.25) is 10.0 Å². The van der Waals surface area contributed by atoms with Crippen molar-refractivity contribution in [2.45, 2.75) is 24.7 Å². The van der Waals surface area contributed by atoms with Crippen LogP contribution in [0.2, 0.25) is 5.02 Å². The van der Waals surface area contributed by atoms with E-state index in [1.54, 1.807) is 0 Å². The summed E-state index contributed by atoms with van der Waals surface area (Å²) < 4.78 is 37.0. The number of halogens is 1. The third-order valence-electron chi connectivity index (χ3n) is 4.58. The second kappa shape index (κ2) is 11.4. The Morgan fingerprint density at radius 2 is 2.03 bits per heavy atom. The van der Waals surface area contributed by atoms with Crippen LogP contribution in [0.15, 0.2) is 23.1 Å². The summed E-state index contributed by atoms with van der Waals surface area (Å²) in [6, 6.07) is 2.97. The van der Waals surface area contributed by atoms with Gasteiger partial charge in [-0.15, -0.1) is 0 Å². The Hall–Kier alpha value is -2.21. The number of hydrogen-bond donors (Lipinski definition) is 2. The monoisotopic (exact) mass is 475 g/mol. The molecule has 0 spiro atoms. The molecule has 0 saturated carbocycles. The lowest BCUT2D eigenvalue weighted by atomic mass is 10.0. The number of carbonyl (C=O) groups excluding carboxylic acids is 3. The third-order valence-corrected chi connectivity index (χ3v) is 6.93. The maximum absolute atomic E-state index is 13.0. The minimum atomic E-state index is -3.89. The Labute approximate surface area is 186 Å². The van der Waals surface area contributed by atoms with E-state index in [-0.39, 0.29) is 34.6 Å². The van der Waals surface area contributed by atoms with E-state index in [0.717, 1.165) is 18.9 Å². The van der Waals surface area contributed by atoms with Crippen LogP contribution in [0.4, 0.5) is 4.79 Å². The van der Waals surface area contributed by atoms with Gasteiger partial charge in [0.25, 0.3) is 5.91 Å². The molecule has 1 fully saturated rings. The van der Waals surface area contributed by atoms with Crippen LogP contribution in [0, 0.1) is 5.92 Å². The van der Waals surface area contributed by atoms with Crippen molar-refractivity contribution in [3.63, 3.8) is 0 Å². The smallest absolute Gasteiger partial charge is 0.338 e. The molecule has 12 heteroatoms. The molecule has 1 heterocycles. The molecule has 1 aromatic rings. The van der Waals surface area contributed by atoms with Gasteiger partial charge in [-0.05, 0) is 37.0 Å². The second-order valence-corrected chi connectivity index (χ2v) is 9.44. The molecule has 2 rings (SSSR count). The minimum Gasteiger partial charge on any atom is -0.452 e. The fraction of sp³-hybridized carbons (Fsp3) is 0.526. The number of hydrogen-bond acceptors (Lipinski definition) is 7. The van der Waals surface area contributed by atoms with Crippen molar-refractivity contribution < 1.29 is 32.3 Å². The number of nitrogens with zero attached hydrogens (tertiary/aromatic N) is 1. The molecule has 0 aliphatic carbocycles. The topological polar surface area (TPSA) is 131 Å². The van der Waals surface area contributed by atoms with E-state index in [1.807, 2.05) is 12.2 Å². The zero-order valence-corrected chi connectivity index (χ0v) is 18.9. The van der Waals surface area contributed by atoms with Crippen LogP contribution in [-0.4, -0.2) is 70.6 Å². The van der Waals surface area contributed by atoms with Gasteiger partial charge in [-0.1, -0.05) is 18.5 Å². The molecule has 1 saturated heterocycles. The number of ether oxygens (including phenoxy) is 2. The molecular weight excluding hydrogens is 450 g/mol. The zero-order chi connectivity index (χ0) is 23.0. The molecule has 1 aliphatic rings. The first kappa shape index (κ1) is 25.1. The molecule has 0 bridgehead atoms. The largest absolute Gasteiger partial charge is 0.452 e. The zero-order valence-electron chi connectivity index (χ0n) is 17.4. The summed E-state index contributed by atoms with van der Waals surface area (Å²) >= 11 is 6.10. The number of esters is 1. The highest BCUT2D eigenvalue weighted by atomic mass is 35.5. The van der Waals surface area contributed by atoms with E-state index in [1.165, 1.54) is 23.5 Å². The van der Waals surface area contributed by atoms with Crippen molar-refractivity contribution in [2.75, 3.05) is 40.0 Å². The number of rotatable bonds is 8. The lowest BCUT2D eigenvalue weighted by Gasteiger charge is -2.30. The predicted molar refractivity (Wildman–Crippen MR) is 112 cm³/mol. The number of piperidine rings is 1. The summed E-state index contributed by atoms with van der Waals surface area (Å²) in [5.41, 5.74) is -0.0784. The number of sulfonamides is 1. The summed E-state index contributed by atoms with van der Waals surface area (Å²) in [4.78, 5) is 35.3. The Bertz CT molecular complexity index is 923. The van der Waals surface area contributed by atoms with Gasteiger partial charge in [0, 0.05) is 26.7 Å². The van der Waals surface area contributed by atoms with Gasteiger partial charge >= 0.3 is 12.0 Å². The van der Waals surface area contributed by atoms with Crippen molar-refractivity contribution in [1.29, 1.82) is 0 Å². The van der Waals surface area contributed by atoms with E-state index in [9.17, 15) is 22.8 Å². The quantitative estimate of drug-likeness (QED) is 0.429. The van der Waals surface area contributed by atoms with E-state index in [2.05, 4.69) is 5.32 Å². The van der Waals surface area contributed by atoms with Gasteiger partial charge in [0.15, 0.2) is 6.61 Å². The van der Waals surface area contributed by atoms with Gasteiger partial charge in [-0.2, -0.15) is 4.31 Å². The van der Waals surface area contributed by atoms with Crippen molar-refractivity contribution in [1.82, 2.24) is 14.9 Å². The fourth-order valence-electron chi connectivity index (χ4n) is 3.02. The van der Waals surface area contributed by atoms with Gasteiger partial charge in [-0.3, -0.25) is 10.1 Å². The third kappa shape index (κ3) is 7.17. The second-order valence-electron chi connectivity index (χ2n) is 7.13.